The molecule has 0 aliphatic carbocycles. The van der Waals surface area contributed by atoms with Gasteiger partial charge in [-0.25, -0.2) is 0 Å². The van der Waals surface area contributed by atoms with Crippen molar-refractivity contribution in [3.8, 4) is 0 Å². The van der Waals surface area contributed by atoms with Gasteiger partial charge >= 0.3 is 0 Å². The van der Waals surface area contributed by atoms with Crippen LogP contribution in [0.5, 0.6) is 0 Å². The van der Waals surface area contributed by atoms with Crippen LogP contribution in [0.25, 0.3) is 0 Å². The van der Waals surface area contributed by atoms with E-state index in [1.807, 2.05) is 25.1 Å². The number of halogens is 1. The van der Waals surface area contributed by atoms with Crippen LogP contribution in [0.15, 0.2) is 28.7 Å². The summed E-state index contributed by atoms with van der Waals surface area (Å²) in [6.45, 7) is 6.91. The molecule has 0 saturated heterocycles. The molecule has 0 saturated carbocycles. The predicted molar refractivity (Wildman–Crippen MR) is 77.8 cm³/mol. The highest BCUT2D eigenvalue weighted by Crippen LogP contribution is 2.16. The van der Waals surface area contributed by atoms with Crippen molar-refractivity contribution < 1.29 is 9.47 Å². The Balaban J connectivity index is 1.94. The zero-order valence-corrected chi connectivity index (χ0v) is 12.5. The van der Waals surface area contributed by atoms with Gasteiger partial charge in [0.05, 0.1) is 13.2 Å². The van der Waals surface area contributed by atoms with E-state index in [2.05, 4.69) is 27.3 Å². The van der Waals surface area contributed by atoms with Crippen LogP contribution in [0, 0.1) is 0 Å². The van der Waals surface area contributed by atoms with Crippen molar-refractivity contribution in [1.29, 1.82) is 0 Å². The topological polar surface area (TPSA) is 30.5 Å². The smallest absolute Gasteiger partial charge is 0.0728 e. The molecular weight excluding hydrogens is 294 g/mol. The second kappa shape index (κ2) is 10.5. The van der Waals surface area contributed by atoms with Crippen LogP contribution in [0.1, 0.15) is 18.9 Å². The molecule has 102 valence electrons. The average molecular weight is 316 g/mol. The van der Waals surface area contributed by atoms with Crippen LogP contribution < -0.4 is 5.32 Å². The fraction of sp³-hybridized carbons (Fsp3) is 0.571. The third-order valence-electron chi connectivity index (χ3n) is 2.48. The summed E-state index contributed by atoms with van der Waals surface area (Å²) < 4.78 is 12.0. The lowest BCUT2D eigenvalue weighted by Crippen LogP contribution is -2.21. The molecule has 0 aromatic heterocycles. The Labute approximate surface area is 118 Å². The Morgan fingerprint density at radius 1 is 1.11 bits per heavy atom. The molecule has 0 radical (unpaired) electrons. The van der Waals surface area contributed by atoms with Gasteiger partial charge in [-0.3, -0.25) is 0 Å². The van der Waals surface area contributed by atoms with Gasteiger partial charge in [0.15, 0.2) is 0 Å². The van der Waals surface area contributed by atoms with E-state index in [4.69, 9.17) is 9.47 Å². The lowest BCUT2D eigenvalue weighted by molar-refractivity contribution is 0.119. The normalized spacial score (nSPS) is 10.8. The first-order chi connectivity index (χ1) is 8.84. The molecule has 1 N–H and O–H groups in total. The van der Waals surface area contributed by atoms with E-state index >= 15 is 0 Å². The van der Waals surface area contributed by atoms with Gasteiger partial charge in [0.1, 0.15) is 0 Å². The number of nitrogens with one attached hydrogen (secondary N) is 1. The quantitative estimate of drug-likeness (QED) is 0.673. The molecule has 0 fully saturated rings. The van der Waals surface area contributed by atoms with Crippen molar-refractivity contribution in [2.75, 3.05) is 32.9 Å². The first-order valence-electron chi connectivity index (χ1n) is 6.44. The molecule has 1 aromatic rings. The third-order valence-corrected chi connectivity index (χ3v) is 3.26. The zero-order chi connectivity index (χ0) is 13.1. The molecule has 1 aromatic carbocycles. The Morgan fingerprint density at radius 2 is 1.94 bits per heavy atom. The molecule has 0 heterocycles. The summed E-state index contributed by atoms with van der Waals surface area (Å²) in [4.78, 5) is 0. The highest BCUT2D eigenvalue weighted by atomic mass is 79.9. The van der Waals surface area contributed by atoms with Crippen LogP contribution in [0.3, 0.4) is 0 Å². The molecule has 0 atom stereocenters. The second-order valence-electron chi connectivity index (χ2n) is 3.94. The van der Waals surface area contributed by atoms with E-state index < -0.39 is 0 Å². The molecule has 0 aliphatic rings. The van der Waals surface area contributed by atoms with E-state index in [0.717, 1.165) is 43.8 Å². The van der Waals surface area contributed by atoms with Gasteiger partial charge in [-0.1, -0.05) is 34.1 Å². The summed E-state index contributed by atoms with van der Waals surface area (Å²) in [5.74, 6) is 0. The third kappa shape index (κ3) is 7.11. The second-order valence-corrected chi connectivity index (χ2v) is 4.80. The molecule has 1 rings (SSSR count). The van der Waals surface area contributed by atoms with Gasteiger partial charge in [-0.2, -0.15) is 0 Å². The minimum absolute atomic E-state index is 0.655. The fourth-order valence-electron chi connectivity index (χ4n) is 1.51. The molecular formula is C14H22BrNO2. The van der Waals surface area contributed by atoms with E-state index in [1.165, 1.54) is 5.56 Å². The van der Waals surface area contributed by atoms with Gasteiger partial charge in [0, 0.05) is 24.2 Å². The highest BCUT2D eigenvalue weighted by molar-refractivity contribution is 9.10. The van der Waals surface area contributed by atoms with Crippen molar-refractivity contribution in [3.05, 3.63) is 34.3 Å². The molecule has 3 nitrogen and oxygen atoms in total. The number of hydrogen-bond acceptors (Lipinski definition) is 3. The molecule has 0 spiro atoms. The van der Waals surface area contributed by atoms with Gasteiger partial charge in [0.25, 0.3) is 0 Å². The Hall–Kier alpha value is -0.420. The lowest BCUT2D eigenvalue weighted by Gasteiger charge is -2.07. The highest BCUT2D eigenvalue weighted by Gasteiger charge is 1.97. The first-order valence-corrected chi connectivity index (χ1v) is 7.23. The maximum absolute atomic E-state index is 5.60. The molecule has 18 heavy (non-hydrogen) atoms. The number of rotatable bonds is 10. The van der Waals surface area contributed by atoms with E-state index in [0.29, 0.717) is 6.61 Å². The Kier molecular flexibility index (Phi) is 9.12. The van der Waals surface area contributed by atoms with E-state index in [1.54, 1.807) is 0 Å². The van der Waals surface area contributed by atoms with Gasteiger partial charge in [-0.15, -0.1) is 0 Å². The molecule has 0 unspecified atom stereocenters. The standard InChI is InChI=1S/C14H22BrNO2/c1-2-17-10-5-8-16-9-11-18-12-13-6-3-4-7-14(13)15/h3-4,6-7,16H,2,5,8-12H2,1H3. The van der Waals surface area contributed by atoms with Crippen molar-refractivity contribution in [2.45, 2.75) is 20.0 Å². The Morgan fingerprint density at radius 3 is 2.72 bits per heavy atom. The fourth-order valence-corrected chi connectivity index (χ4v) is 1.91. The molecule has 0 bridgehead atoms. The Bertz CT molecular complexity index is 320. The monoisotopic (exact) mass is 315 g/mol. The van der Waals surface area contributed by atoms with E-state index in [9.17, 15) is 0 Å². The molecule has 0 aliphatic heterocycles. The summed E-state index contributed by atoms with van der Waals surface area (Å²) in [5.41, 5.74) is 1.19. The van der Waals surface area contributed by atoms with Crippen LogP contribution in [0.2, 0.25) is 0 Å². The number of hydrogen-bond donors (Lipinski definition) is 1. The molecule has 4 heteroatoms. The maximum Gasteiger partial charge on any atom is 0.0728 e. The first kappa shape index (κ1) is 15.6. The minimum Gasteiger partial charge on any atom is -0.382 e. The van der Waals surface area contributed by atoms with Crippen LogP contribution >= 0.6 is 15.9 Å². The summed E-state index contributed by atoms with van der Waals surface area (Å²) in [5, 5.41) is 3.33. The predicted octanol–water partition coefficient (Wildman–Crippen LogP) is 2.98. The maximum atomic E-state index is 5.60. The van der Waals surface area contributed by atoms with Crippen molar-refractivity contribution in [2.24, 2.45) is 0 Å². The van der Waals surface area contributed by atoms with Gasteiger partial charge in [0.2, 0.25) is 0 Å². The zero-order valence-electron chi connectivity index (χ0n) is 11.0. The lowest BCUT2D eigenvalue weighted by atomic mass is 10.2. The van der Waals surface area contributed by atoms with Crippen molar-refractivity contribution in [3.63, 3.8) is 0 Å². The van der Waals surface area contributed by atoms with Crippen LogP contribution in [0.4, 0.5) is 0 Å². The van der Waals surface area contributed by atoms with E-state index in [-0.39, 0.29) is 0 Å². The summed E-state index contributed by atoms with van der Waals surface area (Å²) in [7, 11) is 0. The number of benzene rings is 1. The van der Waals surface area contributed by atoms with Crippen molar-refractivity contribution >= 4 is 15.9 Å². The van der Waals surface area contributed by atoms with Crippen LogP contribution in [-0.2, 0) is 16.1 Å². The largest absolute Gasteiger partial charge is 0.382 e. The molecule has 0 amide bonds. The average Bonchev–Trinajstić information content (AvgIpc) is 2.39. The van der Waals surface area contributed by atoms with Crippen molar-refractivity contribution in [1.82, 2.24) is 5.32 Å². The van der Waals surface area contributed by atoms with Gasteiger partial charge < -0.3 is 14.8 Å². The number of ether oxygens (including phenoxy) is 2. The summed E-state index contributed by atoms with van der Waals surface area (Å²) in [6.07, 6.45) is 1.05. The summed E-state index contributed by atoms with van der Waals surface area (Å²) >= 11 is 3.50. The SMILES string of the molecule is CCOCCCNCCOCc1ccccc1Br. The summed E-state index contributed by atoms with van der Waals surface area (Å²) in [6, 6.07) is 8.13. The van der Waals surface area contributed by atoms with Crippen LogP contribution in [-0.4, -0.2) is 32.9 Å². The van der Waals surface area contributed by atoms with Gasteiger partial charge in [-0.05, 0) is 31.5 Å². The minimum atomic E-state index is 0.655.